The van der Waals surface area contributed by atoms with Crippen LogP contribution in [-0.2, 0) is 11.3 Å². The number of amides is 1. The van der Waals surface area contributed by atoms with Gasteiger partial charge in [0.1, 0.15) is 5.82 Å². The number of benzene rings is 2. The zero-order valence-electron chi connectivity index (χ0n) is 16.4. The zero-order chi connectivity index (χ0) is 19.0. The Balaban J connectivity index is 1.69. The third-order valence-electron chi connectivity index (χ3n) is 5.51. The fourth-order valence-corrected chi connectivity index (χ4v) is 4.01. The topological polar surface area (TPSA) is 38.1 Å². The molecule has 1 aromatic heterocycles. The first-order valence-corrected chi connectivity index (χ1v) is 9.85. The van der Waals surface area contributed by atoms with Gasteiger partial charge in [-0.3, -0.25) is 4.79 Å². The summed E-state index contributed by atoms with van der Waals surface area (Å²) >= 11 is 0. The summed E-state index contributed by atoms with van der Waals surface area (Å²) in [6, 6.07) is 16.4. The van der Waals surface area contributed by atoms with Gasteiger partial charge < -0.3 is 9.47 Å². The number of hydrogen-bond donors (Lipinski definition) is 0. The van der Waals surface area contributed by atoms with Crippen molar-refractivity contribution in [2.75, 3.05) is 11.4 Å². The second kappa shape index (κ2) is 7.18. The van der Waals surface area contributed by atoms with E-state index in [4.69, 9.17) is 4.98 Å². The van der Waals surface area contributed by atoms with Crippen LogP contribution in [0.2, 0.25) is 0 Å². The summed E-state index contributed by atoms with van der Waals surface area (Å²) in [5.74, 6) is 2.02. The van der Waals surface area contributed by atoms with E-state index in [1.54, 1.807) is 0 Å². The number of hydrogen-bond acceptors (Lipinski definition) is 2. The van der Waals surface area contributed by atoms with E-state index < -0.39 is 0 Å². The van der Waals surface area contributed by atoms with Crippen LogP contribution in [0.5, 0.6) is 0 Å². The largest absolute Gasteiger partial charge is 0.328 e. The van der Waals surface area contributed by atoms with Gasteiger partial charge in [-0.25, -0.2) is 4.98 Å². The Kier molecular flexibility index (Phi) is 4.73. The third-order valence-corrected chi connectivity index (χ3v) is 5.51. The molecule has 2 aromatic carbocycles. The Labute approximate surface area is 160 Å². The number of nitrogens with zero attached hydrogens (tertiary/aromatic N) is 3. The second-order valence-electron chi connectivity index (χ2n) is 7.98. The van der Waals surface area contributed by atoms with Gasteiger partial charge in [-0.05, 0) is 43.0 Å². The summed E-state index contributed by atoms with van der Waals surface area (Å²) in [6.45, 7) is 8.21. The maximum atomic E-state index is 12.8. The van der Waals surface area contributed by atoms with Crippen molar-refractivity contribution in [1.29, 1.82) is 0 Å². The molecule has 27 heavy (non-hydrogen) atoms. The Morgan fingerprint density at radius 1 is 1.11 bits per heavy atom. The molecule has 0 saturated carbocycles. The molecule has 0 unspecified atom stereocenters. The number of fused-ring (bicyclic) bond motifs is 1. The van der Waals surface area contributed by atoms with Crippen LogP contribution in [-0.4, -0.2) is 22.0 Å². The van der Waals surface area contributed by atoms with Gasteiger partial charge >= 0.3 is 0 Å². The first-order valence-electron chi connectivity index (χ1n) is 9.85. The SMILES string of the molecule is Cc1ccccc1N1C[C@@H](c2nc3ccccc3n2CCC(C)C)CC1=O. The second-order valence-corrected chi connectivity index (χ2v) is 7.98. The fraction of sp³-hybridized carbons (Fsp3) is 0.391. The maximum absolute atomic E-state index is 12.8. The molecule has 2 heterocycles. The number of rotatable bonds is 5. The van der Waals surface area contributed by atoms with Crippen molar-refractivity contribution in [2.45, 2.75) is 46.1 Å². The van der Waals surface area contributed by atoms with Crippen LogP contribution in [0.15, 0.2) is 48.5 Å². The molecule has 3 aromatic rings. The van der Waals surface area contributed by atoms with Crippen LogP contribution >= 0.6 is 0 Å². The van der Waals surface area contributed by atoms with Gasteiger partial charge in [0, 0.05) is 31.1 Å². The highest BCUT2D eigenvalue weighted by molar-refractivity contribution is 5.97. The van der Waals surface area contributed by atoms with Crippen molar-refractivity contribution in [3.63, 3.8) is 0 Å². The average Bonchev–Trinajstić information content (AvgIpc) is 3.21. The monoisotopic (exact) mass is 361 g/mol. The third kappa shape index (κ3) is 3.36. The molecule has 1 fully saturated rings. The molecule has 4 heteroatoms. The molecule has 1 atom stereocenters. The minimum absolute atomic E-state index is 0.136. The Hall–Kier alpha value is -2.62. The van der Waals surface area contributed by atoms with E-state index in [-0.39, 0.29) is 11.8 Å². The molecule has 4 rings (SSSR count). The van der Waals surface area contributed by atoms with Gasteiger partial charge in [0.05, 0.1) is 11.0 Å². The van der Waals surface area contributed by atoms with Gasteiger partial charge in [-0.1, -0.05) is 44.2 Å². The highest BCUT2D eigenvalue weighted by atomic mass is 16.2. The van der Waals surface area contributed by atoms with Crippen molar-refractivity contribution < 1.29 is 4.79 Å². The van der Waals surface area contributed by atoms with Crippen molar-refractivity contribution >= 4 is 22.6 Å². The number of imidazole rings is 1. The average molecular weight is 361 g/mol. The number of anilines is 1. The minimum atomic E-state index is 0.136. The lowest BCUT2D eigenvalue weighted by Crippen LogP contribution is -2.25. The van der Waals surface area contributed by atoms with Gasteiger partial charge in [-0.15, -0.1) is 0 Å². The van der Waals surface area contributed by atoms with Gasteiger partial charge in [0.15, 0.2) is 0 Å². The standard InChI is InChI=1S/C23H27N3O/c1-16(2)12-13-25-21-11-7-5-9-19(21)24-23(25)18-14-22(27)26(15-18)20-10-6-4-8-17(20)3/h4-11,16,18H,12-15H2,1-3H3/t18-/m0/s1. The van der Waals surface area contributed by atoms with Crippen LogP contribution in [0.3, 0.4) is 0 Å². The maximum Gasteiger partial charge on any atom is 0.227 e. The molecule has 0 aliphatic carbocycles. The lowest BCUT2D eigenvalue weighted by Gasteiger charge is -2.19. The normalized spacial score (nSPS) is 17.4. The van der Waals surface area contributed by atoms with E-state index in [1.165, 1.54) is 5.52 Å². The van der Waals surface area contributed by atoms with E-state index in [0.29, 0.717) is 18.9 Å². The molecule has 0 bridgehead atoms. The summed E-state index contributed by atoms with van der Waals surface area (Å²) in [4.78, 5) is 19.7. The molecule has 0 radical (unpaired) electrons. The van der Waals surface area contributed by atoms with Crippen LogP contribution in [0, 0.1) is 12.8 Å². The van der Waals surface area contributed by atoms with E-state index in [2.05, 4.69) is 49.6 Å². The fourth-order valence-electron chi connectivity index (χ4n) is 4.01. The van der Waals surface area contributed by atoms with Gasteiger partial charge in [0.25, 0.3) is 0 Å². The number of aromatic nitrogens is 2. The molecule has 1 saturated heterocycles. The Morgan fingerprint density at radius 2 is 1.85 bits per heavy atom. The van der Waals surface area contributed by atoms with E-state index in [9.17, 15) is 4.79 Å². The lowest BCUT2D eigenvalue weighted by molar-refractivity contribution is -0.117. The number of para-hydroxylation sites is 3. The molecule has 4 nitrogen and oxygen atoms in total. The predicted octanol–water partition coefficient (Wildman–Crippen LogP) is 4.91. The zero-order valence-corrected chi connectivity index (χ0v) is 16.4. The highest BCUT2D eigenvalue weighted by Gasteiger charge is 2.35. The molecular formula is C23H27N3O. The molecule has 140 valence electrons. The van der Waals surface area contributed by atoms with Crippen LogP contribution in [0.4, 0.5) is 5.69 Å². The molecular weight excluding hydrogens is 334 g/mol. The van der Waals surface area contributed by atoms with E-state index in [0.717, 1.165) is 35.6 Å². The van der Waals surface area contributed by atoms with Crippen LogP contribution in [0.25, 0.3) is 11.0 Å². The lowest BCUT2D eigenvalue weighted by atomic mass is 10.1. The Bertz CT molecular complexity index is 973. The molecule has 1 aliphatic heterocycles. The van der Waals surface area contributed by atoms with Crippen molar-refractivity contribution in [1.82, 2.24) is 9.55 Å². The van der Waals surface area contributed by atoms with Crippen LogP contribution < -0.4 is 4.90 Å². The molecule has 1 amide bonds. The smallest absolute Gasteiger partial charge is 0.227 e. The first kappa shape index (κ1) is 17.8. The summed E-state index contributed by atoms with van der Waals surface area (Å²) in [6.07, 6.45) is 1.63. The predicted molar refractivity (Wildman–Crippen MR) is 110 cm³/mol. The molecule has 0 spiro atoms. The molecule has 0 N–H and O–H groups in total. The van der Waals surface area contributed by atoms with E-state index >= 15 is 0 Å². The summed E-state index contributed by atoms with van der Waals surface area (Å²) < 4.78 is 2.34. The highest BCUT2D eigenvalue weighted by Crippen LogP contribution is 2.34. The summed E-state index contributed by atoms with van der Waals surface area (Å²) in [5.41, 5.74) is 4.36. The first-order chi connectivity index (χ1) is 13.0. The number of carbonyl (C=O) groups is 1. The van der Waals surface area contributed by atoms with Crippen LogP contribution in [0.1, 0.15) is 44.0 Å². The van der Waals surface area contributed by atoms with Crippen molar-refractivity contribution in [3.05, 3.63) is 59.9 Å². The number of carbonyl (C=O) groups excluding carboxylic acids is 1. The van der Waals surface area contributed by atoms with E-state index in [1.807, 2.05) is 29.2 Å². The minimum Gasteiger partial charge on any atom is -0.328 e. The van der Waals surface area contributed by atoms with Crippen molar-refractivity contribution in [2.24, 2.45) is 5.92 Å². The Morgan fingerprint density at radius 3 is 2.63 bits per heavy atom. The summed E-state index contributed by atoms with van der Waals surface area (Å²) in [7, 11) is 0. The molecule has 1 aliphatic rings. The number of aryl methyl sites for hydroxylation is 2. The van der Waals surface area contributed by atoms with Gasteiger partial charge in [-0.2, -0.15) is 0 Å². The quantitative estimate of drug-likeness (QED) is 0.647. The van der Waals surface area contributed by atoms with Crippen molar-refractivity contribution in [3.8, 4) is 0 Å². The summed E-state index contributed by atoms with van der Waals surface area (Å²) in [5, 5.41) is 0. The van der Waals surface area contributed by atoms with Gasteiger partial charge in [0.2, 0.25) is 5.91 Å².